The molecular formula is C31H38O8. The Balaban J connectivity index is 1.91. The monoisotopic (exact) mass is 538 g/mol. The number of allylic oxidation sites excluding steroid dienone is 3. The molecule has 210 valence electrons. The van der Waals surface area contributed by atoms with Gasteiger partial charge in [0.2, 0.25) is 12.6 Å². The lowest BCUT2D eigenvalue weighted by atomic mass is 9.45. The van der Waals surface area contributed by atoms with Gasteiger partial charge in [-0.15, -0.1) is 0 Å². The summed E-state index contributed by atoms with van der Waals surface area (Å²) in [4.78, 5) is 37.8. The molecule has 1 saturated carbocycles. The van der Waals surface area contributed by atoms with E-state index in [1.54, 1.807) is 36.4 Å². The van der Waals surface area contributed by atoms with Crippen LogP contribution in [0.1, 0.15) is 64.2 Å². The molecule has 0 aromatic heterocycles. The Hall–Kier alpha value is -3.23. The van der Waals surface area contributed by atoms with Gasteiger partial charge in [-0.25, -0.2) is 4.79 Å². The lowest BCUT2D eigenvalue weighted by Crippen LogP contribution is -2.63. The van der Waals surface area contributed by atoms with Gasteiger partial charge in [0.1, 0.15) is 11.5 Å². The number of rotatable bonds is 7. The predicted molar refractivity (Wildman–Crippen MR) is 143 cm³/mol. The zero-order chi connectivity index (χ0) is 28.5. The van der Waals surface area contributed by atoms with Crippen molar-refractivity contribution >= 4 is 17.9 Å². The topological polar surface area (TPSA) is 108 Å². The second-order valence-electron chi connectivity index (χ2n) is 11.2. The standard InChI is InChI=1S/C31H38O8/c1-7-18(2)13-14-30(6)19(3)15-26(38-27(35)22-11-9-8-10-12-22)31-24(16-23(34)17-25(30)31)28(36-20(4)32)39-29(31)37-21(5)33/h7-13,16,19,23,25-26,28-29,34H,1,14-15,17H2,2-6H3/b18-13+/t19-,23-,25+,26+,28+,29+,30-,31+/m0/s1. The van der Waals surface area contributed by atoms with Gasteiger partial charge in [-0.1, -0.05) is 56.4 Å². The lowest BCUT2D eigenvalue weighted by molar-refractivity contribution is -0.253. The maximum Gasteiger partial charge on any atom is 0.338 e. The number of esters is 3. The Morgan fingerprint density at radius 2 is 1.74 bits per heavy atom. The van der Waals surface area contributed by atoms with Crippen LogP contribution in [0.15, 0.2) is 66.3 Å². The third kappa shape index (κ3) is 5.20. The van der Waals surface area contributed by atoms with Crippen molar-refractivity contribution in [3.63, 3.8) is 0 Å². The summed E-state index contributed by atoms with van der Waals surface area (Å²) in [7, 11) is 0. The number of carbonyl (C=O) groups excluding carboxylic acids is 3. The van der Waals surface area contributed by atoms with Crippen LogP contribution < -0.4 is 0 Å². The molecule has 1 aromatic rings. The van der Waals surface area contributed by atoms with Crippen molar-refractivity contribution in [1.82, 2.24) is 0 Å². The van der Waals surface area contributed by atoms with Crippen LogP contribution in [0.4, 0.5) is 0 Å². The summed E-state index contributed by atoms with van der Waals surface area (Å²) in [5.74, 6) is -2.03. The maximum absolute atomic E-state index is 13.4. The maximum atomic E-state index is 13.4. The van der Waals surface area contributed by atoms with Gasteiger partial charge in [-0.2, -0.15) is 0 Å². The minimum atomic E-state index is -1.20. The van der Waals surface area contributed by atoms with E-state index in [0.29, 0.717) is 30.4 Å². The van der Waals surface area contributed by atoms with Crippen molar-refractivity contribution in [2.45, 2.75) is 78.7 Å². The molecule has 1 heterocycles. The van der Waals surface area contributed by atoms with Gasteiger partial charge in [0, 0.05) is 19.4 Å². The van der Waals surface area contributed by atoms with E-state index in [0.717, 1.165) is 5.57 Å². The average Bonchev–Trinajstić information content (AvgIpc) is 3.17. The molecule has 1 aromatic carbocycles. The first-order valence-electron chi connectivity index (χ1n) is 13.4. The largest absolute Gasteiger partial charge is 0.458 e. The summed E-state index contributed by atoms with van der Waals surface area (Å²) < 4.78 is 23.7. The van der Waals surface area contributed by atoms with Crippen LogP contribution >= 0.6 is 0 Å². The smallest absolute Gasteiger partial charge is 0.338 e. The summed E-state index contributed by atoms with van der Waals surface area (Å²) >= 11 is 0. The number of hydrogen-bond acceptors (Lipinski definition) is 8. The van der Waals surface area contributed by atoms with Crippen LogP contribution in [0.3, 0.4) is 0 Å². The highest BCUT2D eigenvalue weighted by molar-refractivity contribution is 5.89. The number of benzene rings is 1. The molecule has 1 N–H and O–H groups in total. The van der Waals surface area contributed by atoms with E-state index in [1.165, 1.54) is 13.8 Å². The first kappa shape index (κ1) is 28.8. The van der Waals surface area contributed by atoms with Crippen molar-refractivity contribution in [3.05, 3.63) is 71.8 Å². The molecule has 0 unspecified atom stereocenters. The molecule has 1 spiro atoms. The van der Waals surface area contributed by atoms with Gasteiger partial charge in [-0.3, -0.25) is 14.3 Å². The minimum absolute atomic E-state index is 0.0351. The predicted octanol–water partition coefficient (Wildman–Crippen LogP) is 4.88. The first-order valence-corrected chi connectivity index (χ1v) is 13.4. The third-order valence-electron chi connectivity index (χ3n) is 8.83. The fourth-order valence-corrected chi connectivity index (χ4v) is 6.69. The number of hydrogen-bond donors (Lipinski definition) is 1. The SMILES string of the molecule is C=C/C(C)=C/C[C@]1(C)[C@H]2C[C@@H](O)C=C3[C@H](OC(C)=O)O[C@@H](OC(C)=O)[C@]32[C@H](OC(=O)c2ccccc2)C[C@@H]1C. The molecule has 0 radical (unpaired) electrons. The molecule has 8 nitrogen and oxygen atoms in total. The summed E-state index contributed by atoms with van der Waals surface area (Å²) in [5.41, 5.74) is 0.233. The molecule has 2 aliphatic carbocycles. The van der Waals surface area contributed by atoms with E-state index in [1.807, 2.05) is 13.0 Å². The fraction of sp³-hybridized carbons (Fsp3) is 0.516. The Morgan fingerprint density at radius 1 is 1.08 bits per heavy atom. The first-order chi connectivity index (χ1) is 18.4. The van der Waals surface area contributed by atoms with Crippen molar-refractivity contribution in [2.24, 2.45) is 22.7 Å². The van der Waals surface area contributed by atoms with Gasteiger partial charge >= 0.3 is 17.9 Å². The molecule has 8 atom stereocenters. The molecule has 1 saturated heterocycles. The number of aliphatic hydroxyl groups excluding tert-OH is 1. The summed E-state index contributed by atoms with van der Waals surface area (Å²) in [5, 5.41) is 11.1. The summed E-state index contributed by atoms with van der Waals surface area (Å²) in [6.45, 7) is 12.6. The lowest BCUT2D eigenvalue weighted by Gasteiger charge is -2.60. The number of carbonyl (C=O) groups is 3. The summed E-state index contributed by atoms with van der Waals surface area (Å²) in [6.07, 6.45) is 2.85. The molecule has 0 amide bonds. The van der Waals surface area contributed by atoms with Crippen molar-refractivity contribution in [1.29, 1.82) is 0 Å². The molecule has 8 heteroatoms. The van der Waals surface area contributed by atoms with Crippen LogP contribution in [0.25, 0.3) is 0 Å². The minimum Gasteiger partial charge on any atom is -0.458 e. The van der Waals surface area contributed by atoms with Crippen molar-refractivity contribution in [3.8, 4) is 0 Å². The molecule has 3 aliphatic rings. The van der Waals surface area contributed by atoms with Crippen LogP contribution in [0, 0.1) is 22.7 Å². The van der Waals surface area contributed by atoms with Crippen LogP contribution in [-0.2, 0) is 28.5 Å². The van der Waals surface area contributed by atoms with E-state index < -0.39 is 53.5 Å². The Morgan fingerprint density at radius 3 is 2.36 bits per heavy atom. The fourth-order valence-electron chi connectivity index (χ4n) is 6.69. The van der Waals surface area contributed by atoms with E-state index in [4.69, 9.17) is 18.9 Å². The van der Waals surface area contributed by atoms with Crippen molar-refractivity contribution < 1.29 is 38.4 Å². The van der Waals surface area contributed by atoms with Crippen LogP contribution in [0.2, 0.25) is 0 Å². The van der Waals surface area contributed by atoms with E-state index in [2.05, 4.69) is 26.5 Å². The highest BCUT2D eigenvalue weighted by atomic mass is 16.8. The van der Waals surface area contributed by atoms with Gasteiger partial charge in [-0.05, 0) is 61.6 Å². The molecule has 4 rings (SSSR count). The zero-order valence-corrected chi connectivity index (χ0v) is 23.2. The van der Waals surface area contributed by atoms with Gasteiger partial charge < -0.3 is 19.3 Å². The second-order valence-corrected chi connectivity index (χ2v) is 11.2. The number of ether oxygens (including phenoxy) is 4. The van der Waals surface area contributed by atoms with Gasteiger partial charge in [0.25, 0.3) is 0 Å². The second kappa shape index (κ2) is 11.1. The van der Waals surface area contributed by atoms with E-state index >= 15 is 0 Å². The molecule has 0 bridgehead atoms. The Kier molecular flexibility index (Phi) is 8.19. The van der Waals surface area contributed by atoms with Crippen molar-refractivity contribution in [2.75, 3.05) is 0 Å². The quantitative estimate of drug-likeness (QED) is 0.226. The van der Waals surface area contributed by atoms with E-state index in [-0.39, 0.29) is 11.8 Å². The third-order valence-corrected chi connectivity index (χ3v) is 8.83. The Labute approximate surface area is 229 Å². The normalized spacial score (nSPS) is 35.6. The average molecular weight is 539 g/mol. The van der Waals surface area contributed by atoms with Gasteiger partial charge in [0.15, 0.2) is 0 Å². The highest BCUT2D eigenvalue weighted by Crippen LogP contribution is 2.67. The number of aliphatic hydroxyl groups is 1. The zero-order valence-electron chi connectivity index (χ0n) is 23.2. The highest BCUT2D eigenvalue weighted by Gasteiger charge is 2.72. The van der Waals surface area contributed by atoms with Crippen LogP contribution in [0.5, 0.6) is 0 Å². The summed E-state index contributed by atoms with van der Waals surface area (Å²) in [6, 6.07) is 8.67. The van der Waals surface area contributed by atoms with Gasteiger partial charge in [0.05, 0.1) is 11.7 Å². The van der Waals surface area contributed by atoms with Crippen LogP contribution in [-0.4, -0.2) is 47.8 Å². The molecule has 2 fully saturated rings. The Bertz CT molecular complexity index is 1190. The molecule has 1 aliphatic heterocycles. The molecular weight excluding hydrogens is 500 g/mol. The van der Waals surface area contributed by atoms with E-state index in [9.17, 15) is 19.5 Å². The molecule has 39 heavy (non-hydrogen) atoms.